The maximum absolute atomic E-state index is 9.17. The van der Waals surface area contributed by atoms with Crippen LogP contribution in [0.25, 0.3) is 0 Å². The Morgan fingerprint density at radius 2 is 1.71 bits per heavy atom. The number of phenols is 1. The van der Waals surface area contributed by atoms with E-state index in [0.29, 0.717) is 10.0 Å². The highest BCUT2D eigenvalue weighted by molar-refractivity contribution is 7.98. The van der Waals surface area contributed by atoms with Gasteiger partial charge in [-0.3, -0.25) is 0 Å². The Bertz CT molecular complexity index is 511. The molecule has 4 heteroatoms. The van der Waals surface area contributed by atoms with Gasteiger partial charge < -0.3 is 5.11 Å². The molecule has 0 aromatic heterocycles. The van der Waals surface area contributed by atoms with Gasteiger partial charge in [0.05, 0.1) is 0 Å². The second-order valence-corrected chi connectivity index (χ2v) is 5.41. The zero-order valence-electron chi connectivity index (χ0n) is 8.86. The summed E-state index contributed by atoms with van der Waals surface area (Å²) in [6, 6.07) is 12.6. The summed E-state index contributed by atoms with van der Waals surface area (Å²) in [5.74, 6) is 1.06. The van der Waals surface area contributed by atoms with Crippen molar-refractivity contribution in [2.45, 2.75) is 10.6 Å². The topological polar surface area (TPSA) is 20.2 Å². The molecule has 1 nitrogen and oxygen atoms in total. The van der Waals surface area contributed by atoms with Gasteiger partial charge in [0.15, 0.2) is 0 Å². The first-order chi connectivity index (χ1) is 8.15. The lowest BCUT2D eigenvalue weighted by molar-refractivity contribution is 0.475. The van der Waals surface area contributed by atoms with Crippen molar-refractivity contribution in [2.24, 2.45) is 0 Å². The van der Waals surface area contributed by atoms with E-state index in [4.69, 9.17) is 23.2 Å². The number of halogens is 2. The van der Waals surface area contributed by atoms with Gasteiger partial charge in [-0.05, 0) is 42.0 Å². The molecule has 0 bridgehead atoms. The molecular formula is C13H10Cl2OS. The molecule has 2 rings (SSSR count). The second kappa shape index (κ2) is 5.67. The Morgan fingerprint density at radius 3 is 2.35 bits per heavy atom. The van der Waals surface area contributed by atoms with E-state index in [9.17, 15) is 5.11 Å². The Kier molecular flexibility index (Phi) is 4.21. The molecule has 0 aliphatic rings. The lowest BCUT2D eigenvalue weighted by atomic mass is 10.2. The largest absolute Gasteiger partial charge is 0.508 e. The van der Waals surface area contributed by atoms with Gasteiger partial charge in [-0.1, -0.05) is 29.3 Å². The Balaban J connectivity index is 2.04. The predicted molar refractivity (Wildman–Crippen MR) is 74.1 cm³/mol. The minimum absolute atomic E-state index is 0.277. The zero-order chi connectivity index (χ0) is 12.3. The van der Waals surface area contributed by atoms with Crippen molar-refractivity contribution in [3.05, 3.63) is 58.1 Å². The summed E-state index contributed by atoms with van der Waals surface area (Å²) in [4.78, 5) is 1.09. The molecule has 0 heterocycles. The van der Waals surface area contributed by atoms with E-state index < -0.39 is 0 Å². The monoisotopic (exact) mass is 284 g/mol. The van der Waals surface area contributed by atoms with Crippen LogP contribution in [0.4, 0.5) is 0 Å². The summed E-state index contributed by atoms with van der Waals surface area (Å²) < 4.78 is 0. The van der Waals surface area contributed by atoms with Crippen LogP contribution in [-0.4, -0.2) is 5.11 Å². The number of rotatable bonds is 3. The van der Waals surface area contributed by atoms with E-state index >= 15 is 0 Å². The summed E-state index contributed by atoms with van der Waals surface area (Å²) in [5, 5.41) is 10.5. The SMILES string of the molecule is Oc1ccc(SCc2ccc(Cl)cc2Cl)cc1. The molecule has 0 amide bonds. The van der Waals surface area contributed by atoms with Crippen molar-refractivity contribution < 1.29 is 5.11 Å². The van der Waals surface area contributed by atoms with Crippen LogP contribution in [0, 0.1) is 0 Å². The number of phenolic OH excluding ortho intramolecular Hbond substituents is 1. The molecular weight excluding hydrogens is 275 g/mol. The Morgan fingerprint density at radius 1 is 1.00 bits per heavy atom. The number of hydrogen-bond acceptors (Lipinski definition) is 2. The van der Waals surface area contributed by atoms with E-state index in [0.717, 1.165) is 16.2 Å². The first-order valence-corrected chi connectivity index (χ1v) is 6.75. The highest BCUT2D eigenvalue weighted by Gasteiger charge is 2.02. The summed E-state index contributed by atoms with van der Waals surface area (Å²) in [6.45, 7) is 0. The molecule has 0 radical (unpaired) electrons. The summed E-state index contributed by atoms with van der Waals surface area (Å²) >= 11 is 13.6. The Hall–Kier alpha value is -0.830. The van der Waals surface area contributed by atoms with Gasteiger partial charge in [-0.2, -0.15) is 0 Å². The van der Waals surface area contributed by atoms with Gasteiger partial charge in [-0.25, -0.2) is 0 Å². The fraction of sp³-hybridized carbons (Fsp3) is 0.0769. The molecule has 0 aliphatic carbocycles. The first kappa shape index (κ1) is 12.6. The van der Waals surface area contributed by atoms with Crippen LogP contribution in [0.2, 0.25) is 10.0 Å². The molecule has 1 N–H and O–H groups in total. The molecule has 17 heavy (non-hydrogen) atoms. The van der Waals surface area contributed by atoms with Crippen molar-refractivity contribution in [3.63, 3.8) is 0 Å². The minimum Gasteiger partial charge on any atom is -0.508 e. The van der Waals surface area contributed by atoms with Gasteiger partial charge in [0.25, 0.3) is 0 Å². The third-order valence-corrected chi connectivity index (χ3v) is 3.89. The number of aromatic hydroxyl groups is 1. The average Bonchev–Trinajstić information content (AvgIpc) is 2.30. The molecule has 0 atom stereocenters. The van der Waals surface area contributed by atoms with Crippen LogP contribution >= 0.6 is 35.0 Å². The first-order valence-electron chi connectivity index (χ1n) is 5.01. The van der Waals surface area contributed by atoms with Crippen molar-refractivity contribution in [3.8, 4) is 5.75 Å². The van der Waals surface area contributed by atoms with E-state index in [2.05, 4.69) is 0 Å². The van der Waals surface area contributed by atoms with E-state index in [1.54, 1.807) is 30.0 Å². The molecule has 88 valence electrons. The van der Waals surface area contributed by atoms with Gasteiger partial charge in [0, 0.05) is 20.7 Å². The Labute approximate surface area is 114 Å². The van der Waals surface area contributed by atoms with Crippen molar-refractivity contribution in [1.29, 1.82) is 0 Å². The van der Waals surface area contributed by atoms with Crippen LogP contribution < -0.4 is 0 Å². The molecule has 0 fully saturated rings. The maximum atomic E-state index is 9.17. The third kappa shape index (κ3) is 3.56. The summed E-state index contributed by atoms with van der Waals surface area (Å²) in [6.07, 6.45) is 0. The number of thioether (sulfide) groups is 1. The number of hydrogen-bond donors (Lipinski definition) is 1. The third-order valence-electron chi connectivity index (χ3n) is 2.25. The quantitative estimate of drug-likeness (QED) is 0.801. The molecule has 0 saturated heterocycles. The van der Waals surface area contributed by atoms with Crippen LogP contribution in [0.5, 0.6) is 5.75 Å². The zero-order valence-corrected chi connectivity index (χ0v) is 11.2. The van der Waals surface area contributed by atoms with Crippen LogP contribution in [0.1, 0.15) is 5.56 Å². The lowest BCUT2D eigenvalue weighted by Gasteiger charge is -2.05. The van der Waals surface area contributed by atoms with Crippen LogP contribution in [-0.2, 0) is 5.75 Å². The standard InChI is InChI=1S/C13H10Cl2OS/c14-10-2-1-9(13(15)7-10)8-17-12-5-3-11(16)4-6-12/h1-7,16H,8H2. The van der Waals surface area contributed by atoms with Gasteiger partial charge in [-0.15, -0.1) is 11.8 Å². The minimum atomic E-state index is 0.277. The van der Waals surface area contributed by atoms with Crippen LogP contribution in [0.15, 0.2) is 47.4 Å². The smallest absolute Gasteiger partial charge is 0.115 e. The molecule has 2 aromatic rings. The van der Waals surface area contributed by atoms with Gasteiger partial charge in [0.1, 0.15) is 5.75 Å². The summed E-state index contributed by atoms with van der Waals surface area (Å²) in [5.41, 5.74) is 1.05. The predicted octanol–water partition coefficient (Wildman–Crippen LogP) is 4.99. The molecule has 0 aliphatic heterocycles. The second-order valence-electron chi connectivity index (χ2n) is 3.52. The highest BCUT2D eigenvalue weighted by Crippen LogP contribution is 2.29. The van der Waals surface area contributed by atoms with E-state index in [-0.39, 0.29) is 5.75 Å². The maximum Gasteiger partial charge on any atom is 0.115 e. The highest BCUT2D eigenvalue weighted by atomic mass is 35.5. The fourth-order valence-electron chi connectivity index (χ4n) is 1.34. The van der Waals surface area contributed by atoms with E-state index in [1.165, 1.54) is 0 Å². The molecule has 0 unspecified atom stereocenters. The average molecular weight is 285 g/mol. The lowest BCUT2D eigenvalue weighted by Crippen LogP contribution is -1.82. The summed E-state index contributed by atoms with van der Waals surface area (Å²) in [7, 11) is 0. The van der Waals surface area contributed by atoms with Crippen molar-refractivity contribution in [2.75, 3.05) is 0 Å². The molecule has 0 saturated carbocycles. The van der Waals surface area contributed by atoms with Gasteiger partial charge in [0.2, 0.25) is 0 Å². The normalized spacial score (nSPS) is 10.5. The van der Waals surface area contributed by atoms with Crippen molar-refractivity contribution >= 4 is 35.0 Å². The fourth-order valence-corrected chi connectivity index (χ4v) is 2.80. The van der Waals surface area contributed by atoms with Gasteiger partial charge >= 0.3 is 0 Å². The molecule has 0 spiro atoms. The van der Waals surface area contributed by atoms with Crippen molar-refractivity contribution in [1.82, 2.24) is 0 Å². The van der Waals surface area contributed by atoms with E-state index in [1.807, 2.05) is 24.3 Å². The van der Waals surface area contributed by atoms with Crippen LogP contribution in [0.3, 0.4) is 0 Å². The number of benzene rings is 2. The molecule has 2 aromatic carbocycles.